The van der Waals surface area contributed by atoms with Crippen LogP contribution in [0.3, 0.4) is 0 Å². The zero-order valence-corrected chi connectivity index (χ0v) is 15.7. The normalized spacial score (nSPS) is 10.3. The van der Waals surface area contributed by atoms with Crippen molar-refractivity contribution in [1.82, 2.24) is 0 Å². The highest BCUT2D eigenvalue weighted by atomic mass is 16.6. The first kappa shape index (κ1) is 20.4. The Balaban J connectivity index is 0.000000243. The maximum atomic E-state index is 5.39. The standard InChI is InChI=1S/C11H18O2.C10H16O/c1-3-4-5-6-7-10-8-9-11(12-2)13-10;1-2-3-4-5-7-10-8-6-9-11-10/h8-9H,3-7H2,1-2H3;6,8-9H,2-5,7H2,1H3. The monoisotopic (exact) mass is 334 g/mol. The summed E-state index contributed by atoms with van der Waals surface area (Å²) in [6.45, 7) is 4.45. The van der Waals surface area contributed by atoms with Crippen molar-refractivity contribution in [3.05, 3.63) is 42.0 Å². The third kappa shape index (κ3) is 9.49. The SMILES string of the molecule is CCCCCCc1ccc(OC)o1.CCCCCCc1ccco1. The average Bonchev–Trinajstić information content (AvgIpc) is 3.28. The molecule has 0 amide bonds. The molecule has 0 bridgehead atoms. The van der Waals surface area contributed by atoms with Gasteiger partial charge in [0.05, 0.1) is 13.4 Å². The summed E-state index contributed by atoms with van der Waals surface area (Å²) in [6, 6.07) is 7.86. The molecule has 2 aromatic heterocycles. The fraction of sp³-hybridized carbons (Fsp3) is 0.619. The van der Waals surface area contributed by atoms with Crippen molar-refractivity contribution in [2.75, 3.05) is 7.11 Å². The van der Waals surface area contributed by atoms with Gasteiger partial charge in [-0.1, -0.05) is 52.4 Å². The molecule has 136 valence electrons. The van der Waals surface area contributed by atoms with Gasteiger partial charge in [-0.3, -0.25) is 0 Å². The van der Waals surface area contributed by atoms with Crippen LogP contribution in [-0.4, -0.2) is 7.11 Å². The highest BCUT2D eigenvalue weighted by Crippen LogP contribution is 2.17. The number of ether oxygens (including phenoxy) is 1. The van der Waals surface area contributed by atoms with Gasteiger partial charge in [0.15, 0.2) is 0 Å². The molecule has 0 N–H and O–H groups in total. The summed E-state index contributed by atoms with van der Waals surface area (Å²) in [7, 11) is 1.62. The van der Waals surface area contributed by atoms with E-state index in [2.05, 4.69) is 13.8 Å². The van der Waals surface area contributed by atoms with Crippen LogP contribution < -0.4 is 4.74 Å². The summed E-state index contributed by atoms with van der Waals surface area (Å²) in [4.78, 5) is 0. The highest BCUT2D eigenvalue weighted by Gasteiger charge is 2.00. The molecule has 2 heterocycles. The zero-order chi connectivity index (χ0) is 17.5. The molecular weight excluding hydrogens is 300 g/mol. The summed E-state index contributed by atoms with van der Waals surface area (Å²) in [5.74, 6) is 2.78. The van der Waals surface area contributed by atoms with Gasteiger partial charge in [-0.25, -0.2) is 0 Å². The molecule has 0 radical (unpaired) electrons. The van der Waals surface area contributed by atoms with E-state index in [1.165, 1.54) is 51.4 Å². The van der Waals surface area contributed by atoms with Crippen LogP contribution in [0, 0.1) is 0 Å². The second kappa shape index (κ2) is 13.8. The third-order valence-corrected chi connectivity index (χ3v) is 3.97. The van der Waals surface area contributed by atoms with Gasteiger partial charge in [-0.15, -0.1) is 0 Å². The molecule has 2 aromatic rings. The zero-order valence-electron chi connectivity index (χ0n) is 15.7. The van der Waals surface area contributed by atoms with E-state index in [4.69, 9.17) is 13.6 Å². The van der Waals surface area contributed by atoms with Gasteiger partial charge in [0.2, 0.25) is 0 Å². The van der Waals surface area contributed by atoms with Crippen LogP contribution in [0.25, 0.3) is 0 Å². The van der Waals surface area contributed by atoms with E-state index in [1.54, 1.807) is 13.4 Å². The largest absolute Gasteiger partial charge is 0.469 e. The molecule has 0 aliphatic rings. The second-order valence-corrected chi connectivity index (χ2v) is 6.13. The Labute approximate surface area is 147 Å². The van der Waals surface area contributed by atoms with Crippen LogP contribution >= 0.6 is 0 Å². The lowest BCUT2D eigenvalue weighted by atomic mass is 10.1. The molecule has 0 unspecified atom stereocenters. The first-order valence-electron chi connectivity index (χ1n) is 9.45. The van der Waals surface area contributed by atoms with Gasteiger partial charge < -0.3 is 13.6 Å². The van der Waals surface area contributed by atoms with Crippen molar-refractivity contribution in [2.24, 2.45) is 0 Å². The van der Waals surface area contributed by atoms with Crippen LogP contribution in [0.2, 0.25) is 0 Å². The van der Waals surface area contributed by atoms with Crippen molar-refractivity contribution in [3.8, 4) is 5.95 Å². The van der Waals surface area contributed by atoms with Crippen LogP contribution in [0.5, 0.6) is 5.95 Å². The molecule has 0 aliphatic heterocycles. The van der Waals surface area contributed by atoms with E-state index < -0.39 is 0 Å². The predicted molar refractivity (Wildman–Crippen MR) is 99.7 cm³/mol. The number of unbranched alkanes of at least 4 members (excludes halogenated alkanes) is 6. The Morgan fingerprint density at radius 3 is 1.96 bits per heavy atom. The van der Waals surface area contributed by atoms with Crippen molar-refractivity contribution >= 4 is 0 Å². The summed E-state index contributed by atoms with van der Waals surface area (Å²) in [5.41, 5.74) is 0. The summed E-state index contributed by atoms with van der Waals surface area (Å²) < 4.78 is 15.6. The molecule has 0 saturated heterocycles. The topological polar surface area (TPSA) is 35.5 Å². The van der Waals surface area contributed by atoms with Gasteiger partial charge in [-0.2, -0.15) is 0 Å². The molecule has 0 saturated carbocycles. The Hall–Kier alpha value is -1.64. The van der Waals surface area contributed by atoms with E-state index in [-0.39, 0.29) is 0 Å². The second-order valence-electron chi connectivity index (χ2n) is 6.13. The Bertz CT molecular complexity index is 485. The van der Waals surface area contributed by atoms with Gasteiger partial charge in [0.1, 0.15) is 11.5 Å². The van der Waals surface area contributed by atoms with Crippen molar-refractivity contribution in [2.45, 2.75) is 78.1 Å². The lowest BCUT2D eigenvalue weighted by Crippen LogP contribution is -1.82. The number of aryl methyl sites for hydroxylation is 2. The van der Waals surface area contributed by atoms with Crippen LogP contribution in [0.1, 0.15) is 76.7 Å². The minimum atomic E-state index is 0.616. The molecule has 0 spiro atoms. The first-order chi connectivity index (χ1) is 11.8. The molecule has 0 aromatic carbocycles. The molecule has 24 heavy (non-hydrogen) atoms. The number of methoxy groups -OCH3 is 1. The predicted octanol–water partition coefficient (Wildman–Crippen LogP) is 6.81. The summed E-state index contributed by atoms with van der Waals surface area (Å²) in [6.07, 6.45) is 14.2. The Morgan fingerprint density at radius 1 is 0.792 bits per heavy atom. The number of rotatable bonds is 11. The lowest BCUT2D eigenvalue weighted by Gasteiger charge is -1.96. The fourth-order valence-corrected chi connectivity index (χ4v) is 2.51. The minimum absolute atomic E-state index is 0.616. The van der Waals surface area contributed by atoms with Crippen LogP contribution in [0.4, 0.5) is 0 Å². The van der Waals surface area contributed by atoms with Gasteiger partial charge in [-0.05, 0) is 31.0 Å². The molecular formula is C21H34O3. The van der Waals surface area contributed by atoms with E-state index in [1.807, 2.05) is 24.3 Å². The molecule has 2 rings (SSSR count). The third-order valence-electron chi connectivity index (χ3n) is 3.97. The van der Waals surface area contributed by atoms with E-state index >= 15 is 0 Å². The molecule has 3 nitrogen and oxygen atoms in total. The van der Waals surface area contributed by atoms with Crippen molar-refractivity contribution in [3.63, 3.8) is 0 Å². The minimum Gasteiger partial charge on any atom is -0.469 e. The summed E-state index contributed by atoms with van der Waals surface area (Å²) >= 11 is 0. The molecule has 0 fully saturated rings. The summed E-state index contributed by atoms with van der Waals surface area (Å²) in [5, 5.41) is 0. The molecule has 3 heteroatoms. The van der Waals surface area contributed by atoms with E-state index in [9.17, 15) is 0 Å². The number of hydrogen-bond acceptors (Lipinski definition) is 3. The van der Waals surface area contributed by atoms with Crippen molar-refractivity contribution < 1.29 is 13.6 Å². The van der Waals surface area contributed by atoms with Crippen LogP contribution in [-0.2, 0) is 12.8 Å². The van der Waals surface area contributed by atoms with Gasteiger partial charge >= 0.3 is 0 Å². The number of furan rings is 2. The molecule has 0 atom stereocenters. The van der Waals surface area contributed by atoms with Gasteiger partial charge in [0.25, 0.3) is 5.95 Å². The van der Waals surface area contributed by atoms with E-state index in [0.717, 1.165) is 24.4 Å². The highest BCUT2D eigenvalue weighted by molar-refractivity contribution is 5.11. The lowest BCUT2D eigenvalue weighted by molar-refractivity contribution is 0.293. The first-order valence-corrected chi connectivity index (χ1v) is 9.45. The van der Waals surface area contributed by atoms with Crippen molar-refractivity contribution in [1.29, 1.82) is 0 Å². The Kier molecular flexibility index (Phi) is 11.7. The van der Waals surface area contributed by atoms with Gasteiger partial charge in [0, 0.05) is 18.9 Å². The smallest absolute Gasteiger partial charge is 0.284 e. The quantitative estimate of drug-likeness (QED) is 0.423. The fourth-order valence-electron chi connectivity index (χ4n) is 2.51. The maximum absolute atomic E-state index is 5.39. The average molecular weight is 334 g/mol. The number of hydrogen-bond donors (Lipinski definition) is 0. The molecule has 0 aliphatic carbocycles. The Morgan fingerprint density at radius 2 is 1.46 bits per heavy atom. The van der Waals surface area contributed by atoms with E-state index in [0.29, 0.717) is 5.95 Å². The van der Waals surface area contributed by atoms with Crippen LogP contribution in [0.15, 0.2) is 39.4 Å². The maximum Gasteiger partial charge on any atom is 0.284 e.